The van der Waals surface area contributed by atoms with Crippen LogP contribution in [0, 0.1) is 11.8 Å². The van der Waals surface area contributed by atoms with Gasteiger partial charge in [-0.2, -0.15) is 4.98 Å². The van der Waals surface area contributed by atoms with Crippen LogP contribution in [0.5, 0.6) is 0 Å². The van der Waals surface area contributed by atoms with Crippen LogP contribution in [0.2, 0.25) is 0 Å². The average molecular weight is 1360 g/mol. The zero-order valence-electron chi connectivity index (χ0n) is 50.0. The molecule has 4 aromatic heterocycles. The van der Waals surface area contributed by atoms with Crippen molar-refractivity contribution in [2.45, 2.75) is 101 Å². The molecule has 8 amide bonds. The molecule has 10 N–H and O–H groups in total. The number of Topliss-reactive ketones (excluding diaryl/α,β-unsaturated/α-hetero) is 1. The van der Waals surface area contributed by atoms with E-state index in [9.17, 15) is 52.6 Å². The Balaban J connectivity index is 0.710. The van der Waals surface area contributed by atoms with E-state index in [0.29, 0.717) is 11.3 Å². The Morgan fingerprint density at radius 1 is 0.946 bits per heavy atom. The van der Waals surface area contributed by atoms with Crippen molar-refractivity contribution in [3.05, 3.63) is 71.3 Å². The predicted octanol–water partition coefficient (Wildman–Crippen LogP) is 1.54. The lowest BCUT2D eigenvalue weighted by Crippen LogP contribution is -2.46. The molecule has 9 heterocycles. The molecule has 0 spiro atoms. The smallest absolute Gasteiger partial charge is 0.414 e. The summed E-state index contributed by atoms with van der Waals surface area (Å²) in [6, 6.07) is 4.46. The second-order valence-corrected chi connectivity index (χ2v) is 27.3. The number of fused-ring (bicyclic) bond motifs is 4. The molecule has 1 unspecified atom stereocenters. The number of hydrogen-bond donors (Lipinski definition) is 8. The van der Waals surface area contributed by atoms with Gasteiger partial charge in [-0.25, -0.2) is 38.7 Å². The van der Waals surface area contributed by atoms with Crippen LogP contribution in [0.3, 0.4) is 0 Å². The molecular formula is C53H65FN16O20P2S. The number of amides is 8. The van der Waals surface area contributed by atoms with Crippen LogP contribution in [0.25, 0.3) is 22.3 Å². The number of urea groups is 1. The number of nitrogens with two attached hydrogens (primary N) is 2. The summed E-state index contributed by atoms with van der Waals surface area (Å²) in [6.07, 6.45) is -6.59. The van der Waals surface area contributed by atoms with Gasteiger partial charge in [0.15, 0.2) is 47.0 Å². The summed E-state index contributed by atoms with van der Waals surface area (Å²) in [5, 5.41) is 10.2. The number of ketones is 1. The predicted molar refractivity (Wildman–Crippen MR) is 321 cm³/mol. The number of carbonyl (C=O) groups is 8. The number of aromatic amines is 1. The van der Waals surface area contributed by atoms with Crippen molar-refractivity contribution in [3.63, 3.8) is 0 Å². The van der Waals surface area contributed by atoms with Crippen molar-refractivity contribution in [1.29, 1.82) is 0 Å². The van der Waals surface area contributed by atoms with Crippen molar-refractivity contribution >= 4 is 114 Å². The lowest BCUT2D eigenvalue weighted by molar-refractivity contribution is -0.183. The molecule has 5 aromatic rings. The number of hydrogen-bond acceptors (Lipinski definition) is 26. The maximum Gasteiger partial charge on any atom is 0.414 e. The summed E-state index contributed by atoms with van der Waals surface area (Å²) in [5.41, 5.74) is 9.51. The van der Waals surface area contributed by atoms with Gasteiger partial charge in [0.05, 0.1) is 45.1 Å². The van der Waals surface area contributed by atoms with Crippen molar-refractivity contribution < 1.29 is 94.0 Å². The van der Waals surface area contributed by atoms with Crippen LogP contribution in [0.15, 0.2) is 60.2 Å². The van der Waals surface area contributed by atoms with Crippen LogP contribution in [0.1, 0.15) is 57.6 Å². The number of aromatic nitrogens is 8. The largest absolute Gasteiger partial charge is 0.447 e. The van der Waals surface area contributed by atoms with E-state index < -0.39 is 160 Å². The molecule has 5 aliphatic rings. The number of rotatable bonds is 22. The summed E-state index contributed by atoms with van der Waals surface area (Å²) in [5.74, 6) is -4.36. The van der Waals surface area contributed by atoms with Gasteiger partial charge in [0, 0.05) is 63.4 Å². The van der Waals surface area contributed by atoms with E-state index in [1.54, 1.807) is 38.1 Å². The monoisotopic (exact) mass is 1360 g/mol. The topological polar surface area (TPSA) is 471 Å². The molecule has 40 heteroatoms. The highest BCUT2D eigenvalue weighted by molar-refractivity contribution is 8.07. The normalized spacial score (nSPS) is 26.6. The Bertz CT molecular complexity index is 3900. The number of carbonyl (C=O) groups excluding carboxylic acids is 8. The first-order valence-electron chi connectivity index (χ1n) is 28.8. The number of imidazole rings is 2. The molecule has 93 heavy (non-hydrogen) atoms. The lowest BCUT2D eigenvalue weighted by atomic mass is 9.89. The van der Waals surface area contributed by atoms with Crippen molar-refractivity contribution in [2.24, 2.45) is 17.6 Å². The van der Waals surface area contributed by atoms with E-state index in [1.807, 2.05) is 0 Å². The van der Waals surface area contributed by atoms with E-state index in [4.69, 9.17) is 65.1 Å². The van der Waals surface area contributed by atoms with E-state index in [1.165, 1.54) is 24.3 Å². The molecule has 500 valence electrons. The van der Waals surface area contributed by atoms with Gasteiger partial charge in [0.1, 0.15) is 55.1 Å². The fourth-order valence-corrected chi connectivity index (χ4v) is 13.4. The Morgan fingerprint density at radius 2 is 1.67 bits per heavy atom. The molecular weight excluding hydrogens is 1290 g/mol. The summed E-state index contributed by atoms with van der Waals surface area (Å²) in [6.45, 7) is -2.20. The van der Waals surface area contributed by atoms with E-state index >= 15 is 4.39 Å². The standard InChI is InChI=1S/C53H65FN16O20P2S/c1-26(2)36(63-32(72)13-15-68-33(73)11-12-34(68)74)30(71)18-28(6-5-14-57-49(56)77)45(75)62-29-9-7-27(8-10-29)19-83-52(79)67(3)16-17-82-51(78)66-50-64-44-38(46(76)65-50)61-25-70(44)47-39-35(54)31(87-47)20-85-92(81,93)90-41-40-48(69-24-60-37-42(55)58-23-59-43(37)69)88-53(41,21-84-40)22-86-91(4,80)89-39/h7-12,23-26,28,31,35-36,39-41,47-48H,5-6,13-22H2,1-4H3,(H,62,75)(H,63,72)(H,81,93)(H2,55,58,59)(H3,56,57,77)(H2,64,65,66,76,78)/t28-,31-,35-,36+,39-,40-,41+,47-,48-,53-,91+,92?/m1/s1. The Labute approximate surface area is 531 Å². The first-order valence-corrected chi connectivity index (χ1v) is 33.4. The molecule has 0 saturated carbocycles. The van der Waals surface area contributed by atoms with Gasteiger partial charge >= 0.3 is 32.5 Å². The highest BCUT2D eigenvalue weighted by Crippen LogP contribution is 2.59. The minimum absolute atomic E-state index is 0.0944. The number of likely N-dealkylation sites (N-methyl/N-ethyl adjacent to an activating group) is 1. The zero-order chi connectivity index (χ0) is 66.7. The number of nitrogen functional groups attached to an aromatic ring is 1. The number of alkyl halides is 1. The Hall–Kier alpha value is -8.29. The summed E-state index contributed by atoms with van der Waals surface area (Å²) in [4.78, 5) is 152. The Morgan fingerprint density at radius 3 is 2.39 bits per heavy atom. The zero-order valence-corrected chi connectivity index (χ0v) is 52.6. The molecule has 1 aromatic carbocycles. The lowest BCUT2D eigenvalue weighted by Gasteiger charge is -2.33. The van der Waals surface area contributed by atoms with Crippen molar-refractivity contribution in [2.75, 3.05) is 76.1 Å². The maximum atomic E-state index is 16.6. The summed E-state index contributed by atoms with van der Waals surface area (Å²) >= 11 is 5.40. The molecule has 4 fully saturated rings. The van der Waals surface area contributed by atoms with Crippen LogP contribution in [-0.4, -0.2) is 203 Å². The molecule has 36 nitrogen and oxygen atoms in total. The third kappa shape index (κ3) is 15.5. The summed E-state index contributed by atoms with van der Waals surface area (Å²) in [7, 11) is -2.98. The van der Waals surface area contributed by atoms with Crippen molar-refractivity contribution in [1.82, 2.24) is 59.5 Å². The van der Waals surface area contributed by atoms with Crippen molar-refractivity contribution in [3.8, 4) is 0 Å². The first kappa shape index (κ1) is 67.6. The quantitative estimate of drug-likeness (QED) is 0.0277. The molecule has 5 aliphatic heterocycles. The fraction of sp³-hybridized carbons (Fsp3) is 0.509. The van der Waals surface area contributed by atoms with Gasteiger partial charge in [0.2, 0.25) is 17.8 Å². The van der Waals surface area contributed by atoms with E-state index in [-0.39, 0.29) is 86.7 Å². The molecule has 0 radical (unpaired) electrons. The molecule has 4 bridgehead atoms. The maximum absolute atomic E-state index is 16.6. The van der Waals surface area contributed by atoms with E-state index in [0.717, 1.165) is 39.5 Å². The number of anilines is 3. The second-order valence-electron chi connectivity index (χ2n) is 22.5. The number of ether oxygens (including phenoxy) is 5. The minimum Gasteiger partial charge on any atom is -0.447 e. The number of nitrogens with zero attached hydrogens (tertiary/aromatic N) is 9. The SMILES string of the molecule is CC(C)[C@H](NC(=O)CCN1C(=O)C=CC1=O)C(=O)C[C@@H](CCCNC(N)=O)C(=O)Nc1ccc(COC(=O)N(C)CCOC(=O)Nc2nc3c(ncn3[C@@H]3O[C@@H]4COP(O)(=S)O[C@H]5[C@H]6OC[C@]5(CO[P@](C)(=O)O[C@@H]3[C@@H]4F)O[C@H]6n3cnc4c(N)ncnc43)c(=O)[nH]2)cc1. The van der Waals surface area contributed by atoms with Gasteiger partial charge in [0.25, 0.3) is 17.4 Å². The first-order chi connectivity index (χ1) is 44.2. The third-order valence-electron chi connectivity index (χ3n) is 15.5. The molecule has 10 rings (SSSR count). The summed E-state index contributed by atoms with van der Waals surface area (Å²) < 4.78 is 86.3. The highest BCUT2D eigenvalue weighted by atomic mass is 32.5. The molecule has 4 saturated heterocycles. The number of nitrogens with one attached hydrogen (secondary N) is 5. The van der Waals surface area contributed by atoms with Gasteiger partial charge in [-0.05, 0) is 48.3 Å². The molecule has 12 atom stereocenters. The number of primary amides is 1. The number of imide groups is 1. The van der Waals surface area contributed by atoms with Crippen LogP contribution in [-0.2, 0) is 88.7 Å². The Kier molecular flexibility index (Phi) is 20.4. The minimum atomic E-state index is -4.35. The number of benzene rings is 1. The van der Waals surface area contributed by atoms with E-state index in [2.05, 4.69) is 51.2 Å². The van der Waals surface area contributed by atoms with Gasteiger partial charge in [-0.3, -0.25) is 66.7 Å². The van der Waals surface area contributed by atoms with Crippen LogP contribution >= 0.6 is 14.3 Å². The molecule has 0 aliphatic carbocycles. The van der Waals surface area contributed by atoms with Gasteiger partial charge < -0.3 is 69.9 Å². The fourth-order valence-electron chi connectivity index (χ4n) is 10.8. The van der Waals surface area contributed by atoms with Crippen LogP contribution < -0.4 is 38.3 Å². The number of halogens is 1. The number of H-pyrrole nitrogens is 1. The van der Waals surface area contributed by atoms with Gasteiger partial charge in [-0.15, -0.1) is 0 Å². The van der Waals surface area contributed by atoms with Crippen LogP contribution in [0.4, 0.5) is 36.2 Å². The highest BCUT2D eigenvalue weighted by Gasteiger charge is 2.65. The van der Waals surface area contributed by atoms with Gasteiger partial charge in [-0.1, -0.05) is 26.0 Å². The second kappa shape index (κ2) is 28.1. The average Bonchev–Trinajstić information content (AvgIpc) is 1.57. The third-order valence-corrected chi connectivity index (χ3v) is 18.3.